The van der Waals surface area contributed by atoms with Crippen LogP contribution in [0.25, 0.3) is 0 Å². The highest BCUT2D eigenvalue weighted by Gasteiger charge is 2.53. The van der Waals surface area contributed by atoms with Crippen molar-refractivity contribution < 1.29 is 19.1 Å². The van der Waals surface area contributed by atoms with Crippen molar-refractivity contribution in [1.82, 2.24) is 10.2 Å². The van der Waals surface area contributed by atoms with Gasteiger partial charge in [-0.3, -0.25) is 9.69 Å². The monoisotopic (exact) mass is 386 g/mol. The van der Waals surface area contributed by atoms with Gasteiger partial charge in [0, 0.05) is 0 Å². The molecule has 3 amide bonds. The zero-order valence-corrected chi connectivity index (χ0v) is 15.5. The Morgan fingerprint density at radius 2 is 1.45 bits per heavy atom. The predicted octanol–water partition coefficient (Wildman–Crippen LogP) is 3.41. The third-order valence-electron chi connectivity index (χ3n) is 5.30. The minimum absolute atomic E-state index is 0.142. The Hall–Kier alpha value is -3.80. The lowest BCUT2D eigenvalue weighted by Gasteiger charge is -2.28. The fraction of sp³-hybridized carbons (Fsp3) is 0.130. The minimum Gasteiger partial charge on any atom is -0.454 e. The van der Waals surface area contributed by atoms with Gasteiger partial charge in [0.1, 0.15) is 0 Å². The van der Waals surface area contributed by atoms with Gasteiger partial charge < -0.3 is 14.8 Å². The zero-order chi connectivity index (χ0) is 19.8. The Morgan fingerprint density at radius 3 is 2.10 bits per heavy atom. The summed E-state index contributed by atoms with van der Waals surface area (Å²) in [5.74, 6) is 0.971. The Labute approximate surface area is 167 Å². The van der Waals surface area contributed by atoms with E-state index in [2.05, 4.69) is 5.32 Å². The first kappa shape index (κ1) is 17.3. The topological polar surface area (TPSA) is 67.9 Å². The van der Waals surface area contributed by atoms with E-state index in [1.807, 2.05) is 66.7 Å². The van der Waals surface area contributed by atoms with Crippen LogP contribution < -0.4 is 14.8 Å². The summed E-state index contributed by atoms with van der Waals surface area (Å²) in [6.07, 6.45) is 0. The molecule has 1 fully saturated rings. The molecule has 3 aromatic carbocycles. The van der Waals surface area contributed by atoms with Crippen LogP contribution in [0.3, 0.4) is 0 Å². The van der Waals surface area contributed by atoms with Crippen molar-refractivity contribution in [3.8, 4) is 11.5 Å². The summed E-state index contributed by atoms with van der Waals surface area (Å²) in [5, 5.41) is 2.95. The van der Waals surface area contributed by atoms with Gasteiger partial charge in [-0.2, -0.15) is 0 Å². The van der Waals surface area contributed by atoms with E-state index in [1.54, 1.807) is 12.1 Å². The van der Waals surface area contributed by atoms with Gasteiger partial charge in [-0.05, 0) is 28.8 Å². The summed E-state index contributed by atoms with van der Waals surface area (Å²) in [7, 11) is 0. The van der Waals surface area contributed by atoms with Gasteiger partial charge >= 0.3 is 6.03 Å². The number of carbonyl (C=O) groups excluding carboxylic acids is 2. The number of carbonyl (C=O) groups is 2. The zero-order valence-electron chi connectivity index (χ0n) is 15.5. The summed E-state index contributed by atoms with van der Waals surface area (Å²) in [6, 6.07) is 23.6. The second-order valence-electron chi connectivity index (χ2n) is 6.99. The van der Waals surface area contributed by atoms with Crippen LogP contribution in [-0.4, -0.2) is 23.6 Å². The first-order valence-electron chi connectivity index (χ1n) is 9.32. The van der Waals surface area contributed by atoms with Gasteiger partial charge in [0.2, 0.25) is 6.79 Å². The Morgan fingerprint density at radius 1 is 0.828 bits per heavy atom. The molecule has 2 aliphatic rings. The summed E-state index contributed by atoms with van der Waals surface area (Å²) in [6.45, 7) is 0.315. The fourth-order valence-electron chi connectivity index (χ4n) is 3.88. The van der Waals surface area contributed by atoms with Crippen molar-refractivity contribution in [1.29, 1.82) is 0 Å². The molecule has 0 bridgehead atoms. The molecule has 0 aromatic heterocycles. The van der Waals surface area contributed by atoms with E-state index >= 15 is 0 Å². The lowest BCUT2D eigenvalue weighted by Crippen LogP contribution is -2.45. The average Bonchev–Trinajstić information content (AvgIpc) is 3.33. The van der Waals surface area contributed by atoms with E-state index < -0.39 is 11.6 Å². The molecule has 3 aromatic rings. The van der Waals surface area contributed by atoms with Crippen LogP contribution in [0.5, 0.6) is 11.5 Å². The Bertz CT molecular complexity index is 1040. The molecule has 2 heterocycles. The quantitative estimate of drug-likeness (QED) is 0.698. The van der Waals surface area contributed by atoms with Gasteiger partial charge in [0.05, 0.1) is 6.54 Å². The number of hydrogen-bond acceptors (Lipinski definition) is 4. The number of fused-ring (bicyclic) bond motifs is 1. The number of imide groups is 1. The van der Waals surface area contributed by atoms with Crippen LogP contribution in [0, 0.1) is 0 Å². The molecule has 144 valence electrons. The lowest BCUT2D eigenvalue weighted by atomic mass is 9.82. The van der Waals surface area contributed by atoms with Crippen molar-refractivity contribution in [2.45, 2.75) is 12.1 Å². The molecule has 0 aliphatic carbocycles. The number of amides is 3. The maximum absolute atomic E-state index is 13.7. The van der Waals surface area contributed by atoms with E-state index in [9.17, 15) is 9.59 Å². The van der Waals surface area contributed by atoms with Crippen molar-refractivity contribution in [3.05, 3.63) is 95.6 Å². The van der Waals surface area contributed by atoms with Crippen molar-refractivity contribution >= 4 is 11.9 Å². The SMILES string of the molecule is O=C1NC(c2ccccc2)(c2ccccc2)C(=O)N1Cc1ccc2c(c1)OCO2. The highest BCUT2D eigenvalue weighted by Crippen LogP contribution is 2.38. The van der Waals surface area contributed by atoms with Crippen LogP contribution >= 0.6 is 0 Å². The van der Waals surface area contributed by atoms with Gasteiger partial charge in [-0.25, -0.2) is 4.79 Å². The van der Waals surface area contributed by atoms with Crippen molar-refractivity contribution in [2.75, 3.05) is 6.79 Å². The summed E-state index contributed by atoms with van der Waals surface area (Å²) >= 11 is 0. The number of ether oxygens (including phenoxy) is 2. The first-order valence-corrected chi connectivity index (χ1v) is 9.32. The largest absolute Gasteiger partial charge is 0.454 e. The molecule has 1 saturated heterocycles. The molecule has 0 spiro atoms. The van der Waals surface area contributed by atoms with Crippen molar-refractivity contribution in [3.63, 3.8) is 0 Å². The van der Waals surface area contributed by atoms with Crippen molar-refractivity contribution in [2.24, 2.45) is 0 Å². The van der Waals surface area contributed by atoms with Crippen LogP contribution in [0.2, 0.25) is 0 Å². The molecule has 0 radical (unpaired) electrons. The molecular formula is C23H18N2O4. The average molecular weight is 386 g/mol. The fourth-order valence-corrected chi connectivity index (χ4v) is 3.88. The molecule has 5 rings (SSSR count). The van der Waals surface area contributed by atoms with Gasteiger partial charge in [0.25, 0.3) is 5.91 Å². The number of nitrogens with zero attached hydrogens (tertiary/aromatic N) is 1. The molecule has 0 saturated carbocycles. The summed E-state index contributed by atoms with van der Waals surface area (Å²) in [5.41, 5.74) is 0.973. The van der Waals surface area contributed by atoms with E-state index in [1.165, 1.54) is 4.90 Å². The molecule has 6 heteroatoms. The first-order chi connectivity index (χ1) is 14.2. The lowest BCUT2D eigenvalue weighted by molar-refractivity contribution is -0.130. The maximum Gasteiger partial charge on any atom is 0.325 e. The third-order valence-corrected chi connectivity index (χ3v) is 5.30. The Balaban J connectivity index is 1.55. The standard InChI is InChI=1S/C23H18N2O4/c26-21-23(17-7-3-1-4-8-17,18-9-5-2-6-10-18)24-22(27)25(21)14-16-11-12-19-20(13-16)29-15-28-19/h1-13H,14-15H2,(H,24,27). The van der Waals surface area contributed by atoms with Gasteiger partial charge in [-0.15, -0.1) is 0 Å². The minimum atomic E-state index is -1.25. The maximum atomic E-state index is 13.7. The highest BCUT2D eigenvalue weighted by atomic mass is 16.7. The number of nitrogens with one attached hydrogen (secondary N) is 1. The van der Waals surface area contributed by atoms with E-state index in [4.69, 9.17) is 9.47 Å². The smallest absolute Gasteiger partial charge is 0.325 e. The van der Waals surface area contributed by atoms with Crippen LogP contribution in [0.1, 0.15) is 16.7 Å². The number of rotatable bonds is 4. The van der Waals surface area contributed by atoms with E-state index in [0.717, 1.165) is 16.7 Å². The molecule has 2 aliphatic heterocycles. The second kappa shape index (κ2) is 6.67. The molecular weight excluding hydrogens is 368 g/mol. The second-order valence-corrected chi connectivity index (χ2v) is 6.99. The molecule has 6 nitrogen and oxygen atoms in total. The predicted molar refractivity (Wildman–Crippen MR) is 105 cm³/mol. The van der Waals surface area contributed by atoms with Crippen LogP contribution in [0.15, 0.2) is 78.9 Å². The molecule has 29 heavy (non-hydrogen) atoms. The summed E-state index contributed by atoms with van der Waals surface area (Å²) < 4.78 is 10.7. The number of urea groups is 1. The molecule has 0 atom stereocenters. The Kier molecular flexibility index (Phi) is 3.98. The van der Waals surface area contributed by atoms with Gasteiger partial charge in [-0.1, -0.05) is 66.7 Å². The highest BCUT2D eigenvalue weighted by molar-refractivity contribution is 6.09. The summed E-state index contributed by atoms with van der Waals surface area (Å²) in [4.78, 5) is 27.8. The van der Waals surface area contributed by atoms with Crippen LogP contribution in [0.4, 0.5) is 4.79 Å². The van der Waals surface area contributed by atoms with Gasteiger partial charge in [0.15, 0.2) is 17.0 Å². The van der Waals surface area contributed by atoms with E-state index in [0.29, 0.717) is 11.5 Å². The number of benzene rings is 3. The number of hydrogen-bond donors (Lipinski definition) is 1. The van der Waals surface area contributed by atoms with E-state index in [-0.39, 0.29) is 19.2 Å². The molecule has 1 N–H and O–H groups in total. The third kappa shape index (κ3) is 2.72. The normalized spacial score (nSPS) is 16.8. The molecule has 0 unspecified atom stereocenters. The van der Waals surface area contributed by atoms with Crippen LogP contribution in [-0.2, 0) is 16.9 Å².